The Bertz CT molecular complexity index is 912. The Balaban J connectivity index is 1.35. The summed E-state index contributed by atoms with van der Waals surface area (Å²) in [6, 6.07) is 7.16. The van der Waals surface area contributed by atoms with Crippen LogP contribution in [0.1, 0.15) is 19.7 Å². The van der Waals surface area contributed by atoms with Crippen molar-refractivity contribution in [3.63, 3.8) is 0 Å². The number of carbonyl (C=O) groups excluding carboxylic acids is 1. The number of piperazine rings is 1. The van der Waals surface area contributed by atoms with Crippen LogP contribution in [0.15, 0.2) is 24.3 Å². The molecule has 3 heterocycles. The molecule has 4 rings (SSSR count). The molecule has 1 fully saturated rings. The van der Waals surface area contributed by atoms with Crippen LogP contribution < -0.4 is 24.4 Å². The van der Waals surface area contributed by atoms with Crippen LogP contribution in [0.3, 0.4) is 0 Å². The molecule has 1 N–H and O–H groups in total. The minimum absolute atomic E-state index is 0.0493. The molecule has 2 aliphatic heterocycles. The summed E-state index contributed by atoms with van der Waals surface area (Å²) in [7, 11) is 0. The highest BCUT2D eigenvalue weighted by molar-refractivity contribution is 5.90. The van der Waals surface area contributed by atoms with Gasteiger partial charge < -0.3 is 29.3 Å². The molecule has 0 atom stereocenters. The summed E-state index contributed by atoms with van der Waals surface area (Å²) in [5.41, 5.74) is 0.689. The quantitative estimate of drug-likeness (QED) is 0.824. The molecule has 0 aliphatic carbocycles. The summed E-state index contributed by atoms with van der Waals surface area (Å²) >= 11 is 0. The number of nitrogens with zero attached hydrogens (tertiary/aromatic N) is 4. The number of aromatic nitrogens is 2. The molecule has 2 amide bonds. The SMILES string of the molecule is Cc1nc(OC(C)C)cc(N2CCN(C(=O)Nc3ccc4c(c3)OCCO4)CC2)n1. The van der Waals surface area contributed by atoms with Gasteiger partial charge >= 0.3 is 6.03 Å². The molecule has 0 saturated carbocycles. The molecule has 0 bridgehead atoms. The van der Waals surface area contributed by atoms with Crippen LogP contribution in [-0.4, -0.2) is 66.4 Å². The van der Waals surface area contributed by atoms with Gasteiger partial charge in [0.2, 0.25) is 5.88 Å². The van der Waals surface area contributed by atoms with Crippen molar-refractivity contribution in [2.75, 3.05) is 49.6 Å². The highest BCUT2D eigenvalue weighted by Crippen LogP contribution is 2.32. The van der Waals surface area contributed by atoms with Crippen LogP contribution >= 0.6 is 0 Å². The van der Waals surface area contributed by atoms with Crippen molar-refractivity contribution < 1.29 is 19.0 Å². The van der Waals surface area contributed by atoms with Gasteiger partial charge in [-0.1, -0.05) is 0 Å². The molecule has 1 aromatic heterocycles. The lowest BCUT2D eigenvalue weighted by Gasteiger charge is -2.35. The van der Waals surface area contributed by atoms with Crippen LogP contribution in [0.4, 0.5) is 16.3 Å². The minimum Gasteiger partial charge on any atom is -0.486 e. The largest absolute Gasteiger partial charge is 0.486 e. The average molecular weight is 413 g/mol. The molecule has 1 saturated heterocycles. The van der Waals surface area contributed by atoms with Crippen LogP contribution in [0.5, 0.6) is 17.4 Å². The molecule has 0 radical (unpaired) electrons. The van der Waals surface area contributed by atoms with Gasteiger partial charge in [-0.2, -0.15) is 4.98 Å². The highest BCUT2D eigenvalue weighted by atomic mass is 16.6. The topological polar surface area (TPSA) is 89.1 Å². The van der Waals surface area contributed by atoms with Gasteiger partial charge in [0.05, 0.1) is 6.10 Å². The number of rotatable bonds is 4. The second-order valence-electron chi connectivity index (χ2n) is 7.54. The van der Waals surface area contributed by atoms with Crippen LogP contribution in [0.2, 0.25) is 0 Å². The molecule has 0 unspecified atom stereocenters. The smallest absolute Gasteiger partial charge is 0.321 e. The van der Waals surface area contributed by atoms with Gasteiger partial charge in [-0.25, -0.2) is 9.78 Å². The summed E-state index contributed by atoms with van der Waals surface area (Å²) in [4.78, 5) is 25.5. The van der Waals surface area contributed by atoms with Gasteiger partial charge in [0.15, 0.2) is 11.5 Å². The van der Waals surface area contributed by atoms with E-state index in [4.69, 9.17) is 14.2 Å². The maximum Gasteiger partial charge on any atom is 0.321 e. The maximum atomic E-state index is 12.7. The van der Waals surface area contributed by atoms with E-state index in [0.717, 1.165) is 5.82 Å². The molecule has 30 heavy (non-hydrogen) atoms. The fraction of sp³-hybridized carbons (Fsp3) is 0.476. The lowest BCUT2D eigenvalue weighted by molar-refractivity contribution is 0.171. The fourth-order valence-electron chi connectivity index (χ4n) is 3.45. The van der Waals surface area contributed by atoms with Gasteiger partial charge in [-0.15, -0.1) is 0 Å². The van der Waals surface area contributed by atoms with E-state index >= 15 is 0 Å². The number of carbonyl (C=O) groups is 1. The van der Waals surface area contributed by atoms with Crippen LogP contribution in [0.25, 0.3) is 0 Å². The van der Waals surface area contributed by atoms with Crippen molar-refractivity contribution in [2.24, 2.45) is 0 Å². The standard InChI is InChI=1S/C21H27N5O4/c1-14(2)30-20-13-19(22-15(3)23-20)25-6-8-26(9-7-25)21(27)24-16-4-5-17-18(12-16)29-11-10-28-17/h4-5,12-14H,6-11H2,1-3H3,(H,24,27). The Morgan fingerprint density at radius 1 is 1.07 bits per heavy atom. The van der Waals surface area contributed by atoms with Crippen LogP contribution in [-0.2, 0) is 0 Å². The first-order valence-corrected chi connectivity index (χ1v) is 10.2. The second kappa shape index (κ2) is 8.64. The van der Waals surface area contributed by atoms with E-state index in [1.165, 1.54) is 0 Å². The molecule has 160 valence electrons. The predicted molar refractivity (Wildman–Crippen MR) is 113 cm³/mol. The van der Waals surface area contributed by atoms with Gasteiger partial charge in [-0.05, 0) is 32.9 Å². The maximum absolute atomic E-state index is 12.7. The zero-order valence-corrected chi connectivity index (χ0v) is 17.6. The Morgan fingerprint density at radius 2 is 1.80 bits per heavy atom. The van der Waals surface area contributed by atoms with Crippen LogP contribution in [0, 0.1) is 6.92 Å². The lowest BCUT2D eigenvalue weighted by atomic mass is 10.2. The number of ether oxygens (including phenoxy) is 3. The van der Waals surface area contributed by atoms with Crippen molar-refractivity contribution >= 4 is 17.5 Å². The molecule has 2 aliphatic rings. The number of urea groups is 1. The lowest BCUT2D eigenvalue weighted by Crippen LogP contribution is -2.50. The van der Waals surface area contributed by atoms with Crippen molar-refractivity contribution in [3.05, 3.63) is 30.1 Å². The number of anilines is 2. The highest BCUT2D eigenvalue weighted by Gasteiger charge is 2.23. The fourth-order valence-corrected chi connectivity index (χ4v) is 3.45. The summed E-state index contributed by atoms with van der Waals surface area (Å²) in [5.74, 6) is 3.43. The van der Waals surface area contributed by atoms with Gasteiger partial charge in [0.25, 0.3) is 0 Å². The molecule has 1 aromatic carbocycles. The van der Waals surface area contributed by atoms with E-state index in [0.29, 0.717) is 68.3 Å². The van der Waals surface area contributed by atoms with Crippen molar-refractivity contribution in [1.82, 2.24) is 14.9 Å². The molecular weight excluding hydrogens is 386 g/mol. The Kier molecular flexibility index (Phi) is 5.78. The third-order valence-electron chi connectivity index (χ3n) is 4.84. The Labute approximate surface area is 176 Å². The first-order chi connectivity index (χ1) is 14.5. The minimum atomic E-state index is -0.131. The summed E-state index contributed by atoms with van der Waals surface area (Å²) in [6.45, 7) is 9.41. The second-order valence-corrected chi connectivity index (χ2v) is 7.54. The van der Waals surface area contributed by atoms with E-state index in [2.05, 4.69) is 20.2 Å². The zero-order valence-electron chi connectivity index (χ0n) is 17.6. The normalized spacial score (nSPS) is 15.9. The third-order valence-corrected chi connectivity index (χ3v) is 4.84. The number of aryl methyl sites for hydroxylation is 1. The molecular formula is C21H27N5O4. The van der Waals surface area contributed by atoms with Gasteiger partial charge in [0, 0.05) is 44.0 Å². The number of amides is 2. The first kappa shape index (κ1) is 20.1. The van der Waals surface area contributed by atoms with E-state index in [9.17, 15) is 4.79 Å². The van der Waals surface area contributed by atoms with E-state index in [-0.39, 0.29) is 12.1 Å². The third kappa shape index (κ3) is 4.67. The summed E-state index contributed by atoms with van der Waals surface area (Å²) < 4.78 is 16.8. The van der Waals surface area contributed by atoms with E-state index < -0.39 is 0 Å². The van der Waals surface area contributed by atoms with E-state index in [1.54, 1.807) is 11.0 Å². The number of fused-ring (bicyclic) bond motifs is 1. The number of benzene rings is 1. The zero-order chi connectivity index (χ0) is 21.1. The van der Waals surface area contributed by atoms with Crippen molar-refractivity contribution in [1.29, 1.82) is 0 Å². The predicted octanol–water partition coefficient (Wildman–Crippen LogP) is 2.70. The Morgan fingerprint density at radius 3 is 2.53 bits per heavy atom. The average Bonchev–Trinajstić information content (AvgIpc) is 2.73. The molecule has 9 heteroatoms. The number of hydrogen-bond donors (Lipinski definition) is 1. The van der Waals surface area contributed by atoms with Gasteiger partial charge in [0.1, 0.15) is 24.9 Å². The monoisotopic (exact) mass is 413 g/mol. The Hall–Kier alpha value is -3.23. The first-order valence-electron chi connectivity index (χ1n) is 10.2. The number of nitrogens with one attached hydrogen (secondary N) is 1. The molecule has 0 spiro atoms. The van der Waals surface area contributed by atoms with E-state index in [1.807, 2.05) is 39.0 Å². The summed E-state index contributed by atoms with van der Waals surface area (Å²) in [5, 5.41) is 2.94. The van der Waals surface area contributed by atoms with Crippen molar-refractivity contribution in [2.45, 2.75) is 26.9 Å². The summed E-state index contributed by atoms with van der Waals surface area (Å²) in [6.07, 6.45) is 0.0493. The molecule has 2 aromatic rings. The van der Waals surface area contributed by atoms with Gasteiger partial charge in [-0.3, -0.25) is 0 Å². The molecule has 9 nitrogen and oxygen atoms in total. The van der Waals surface area contributed by atoms with Crippen molar-refractivity contribution in [3.8, 4) is 17.4 Å². The number of hydrogen-bond acceptors (Lipinski definition) is 7.